The summed E-state index contributed by atoms with van der Waals surface area (Å²) in [4.78, 5) is 35.5. The van der Waals surface area contributed by atoms with E-state index in [1.54, 1.807) is 0 Å². The fourth-order valence-electron chi connectivity index (χ4n) is 2.91. The van der Waals surface area contributed by atoms with E-state index in [-0.39, 0.29) is 30.7 Å². The number of carboxylic acids is 1. The highest BCUT2D eigenvalue weighted by Crippen LogP contribution is 2.25. The van der Waals surface area contributed by atoms with Crippen LogP contribution in [0.4, 0.5) is 0 Å². The number of aliphatic carboxylic acids is 1. The van der Waals surface area contributed by atoms with Crippen molar-refractivity contribution >= 4 is 17.8 Å². The number of amides is 2. The first kappa shape index (κ1) is 22.1. The van der Waals surface area contributed by atoms with E-state index >= 15 is 0 Å². The van der Waals surface area contributed by atoms with E-state index in [1.165, 1.54) is 0 Å². The standard InChI is InChI=1S/C23H28N2O4/c1-23(2,3)18-11-9-17(10-12-18)19(14-22(28)29)25-21(27)15-24-20(26)13-16-7-5-4-6-8-16/h4-12,19H,13-15H2,1-3H3,(H,24,26)(H,25,27)(H,28,29). The zero-order valence-electron chi connectivity index (χ0n) is 17.1. The van der Waals surface area contributed by atoms with Gasteiger partial charge in [0.15, 0.2) is 0 Å². The van der Waals surface area contributed by atoms with Gasteiger partial charge in [0.05, 0.1) is 25.4 Å². The van der Waals surface area contributed by atoms with E-state index in [0.717, 1.165) is 11.1 Å². The van der Waals surface area contributed by atoms with Crippen LogP contribution in [0.25, 0.3) is 0 Å². The van der Waals surface area contributed by atoms with Crippen molar-refractivity contribution < 1.29 is 19.5 Å². The number of carbonyl (C=O) groups excluding carboxylic acids is 2. The lowest BCUT2D eigenvalue weighted by Gasteiger charge is -2.22. The second kappa shape index (κ2) is 9.87. The number of nitrogens with one attached hydrogen (secondary N) is 2. The third-order valence-electron chi connectivity index (χ3n) is 4.55. The summed E-state index contributed by atoms with van der Waals surface area (Å²) in [6.45, 7) is 6.08. The van der Waals surface area contributed by atoms with E-state index in [4.69, 9.17) is 0 Å². The Morgan fingerprint density at radius 3 is 2.10 bits per heavy atom. The average molecular weight is 396 g/mol. The molecule has 1 unspecified atom stereocenters. The molecule has 6 heteroatoms. The van der Waals surface area contributed by atoms with Crippen LogP contribution in [-0.4, -0.2) is 29.4 Å². The Hall–Kier alpha value is -3.15. The number of benzene rings is 2. The van der Waals surface area contributed by atoms with Gasteiger partial charge in [-0.2, -0.15) is 0 Å². The molecule has 0 heterocycles. The molecule has 6 nitrogen and oxygen atoms in total. The van der Waals surface area contributed by atoms with Crippen LogP contribution < -0.4 is 10.6 Å². The van der Waals surface area contributed by atoms with Crippen molar-refractivity contribution in [3.05, 3.63) is 71.3 Å². The second-order valence-electron chi connectivity index (χ2n) is 8.03. The molecule has 0 saturated carbocycles. The molecule has 3 N–H and O–H groups in total. The molecular formula is C23H28N2O4. The van der Waals surface area contributed by atoms with Gasteiger partial charge in [0, 0.05) is 0 Å². The number of hydrogen-bond acceptors (Lipinski definition) is 3. The maximum atomic E-state index is 12.3. The van der Waals surface area contributed by atoms with Gasteiger partial charge in [-0.25, -0.2) is 0 Å². The molecule has 0 fully saturated rings. The molecule has 2 aromatic carbocycles. The highest BCUT2D eigenvalue weighted by atomic mass is 16.4. The Kier molecular flexibility index (Phi) is 7.53. The van der Waals surface area contributed by atoms with Crippen molar-refractivity contribution in [1.82, 2.24) is 10.6 Å². The van der Waals surface area contributed by atoms with Crippen molar-refractivity contribution in [3.63, 3.8) is 0 Å². The van der Waals surface area contributed by atoms with Crippen molar-refractivity contribution in [2.24, 2.45) is 0 Å². The van der Waals surface area contributed by atoms with Crippen LogP contribution in [0, 0.1) is 0 Å². The fraction of sp³-hybridized carbons (Fsp3) is 0.348. The lowest BCUT2D eigenvalue weighted by molar-refractivity contribution is -0.138. The van der Waals surface area contributed by atoms with E-state index < -0.39 is 17.9 Å². The van der Waals surface area contributed by atoms with Crippen LogP contribution >= 0.6 is 0 Å². The van der Waals surface area contributed by atoms with Gasteiger partial charge in [0.1, 0.15) is 0 Å². The minimum absolute atomic E-state index is 0.0207. The van der Waals surface area contributed by atoms with Crippen molar-refractivity contribution in [1.29, 1.82) is 0 Å². The van der Waals surface area contributed by atoms with Crippen LogP contribution in [0.1, 0.15) is 49.9 Å². The van der Waals surface area contributed by atoms with Gasteiger partial charge < -0.3 is 15.7 Å². The summed E-state index contributed by atoms with van der Waals surface area (Å²) in [5.41, 5.74) is 2.67. The van der Waals surface area contributed by atoms with Crippen LogP contribution in [0.3, 0.4) is 0 Å². The lowest BCUT2D eigenvalue weighted by atomic mass is 9.86. The Labute approximate surface area is 171 Å². The Morgan fingerprint density at radius 1 is 0.931 bits per heavy atom. The van der Waals surface area contributed by atoms with Gasteiger partial charge in [-0.05, 0) is 22.1 Å². The van der Waals surface area contributed by atoms with E-state index in [2.05, 4.69) is 31.4 Å². The molecule has 0 aliphatic heterocycles. The van der Waals surface area contributed by atoms with Gasteiger partial charge in [-0.1, -0.05) is 75.4 Å². The summed E-state index contributed by atoms with van der Waals surface area (Å²) in [6.07, 6.45) is -0.0560. The first-order valence-electron chi connectivity index (χ1n) is 9.57. The Balaban J connectivity index is 1.95. The van der Waals surface area contributed by atoms with Crippen molar-refractivity contribution in [3.8, 4) is 0 Å². The molecule has 2 amide bonds. The summed E-state index contributed by atoms with van der Waals surface area (Å²) in [5.74, 6) is -1.71. The average Bonchev–Trinajstić information content (AvgIpc) is 2.66. The summed E-state index contributed by atoms with van der Waals surface area (Å²) < 4.78 is 0. The quantitative estimate of drug-likeness (QED) is 0.639. The fourth-order valence-corrected chi connectivity index (χ4v) is 2.91. The number of hydrogen-bond donors (Lipinski definition) is 3. The highest BCUT2D eigenvalue weighted by Gasteiger charge is 2.20. The maximum Gasteiger partial charge on any atom is 0.305 e. The summed E-state index contributed by atoms with van der Waals surface area (Å²) in [6, 6.07) is 16.1. The molecule has 0 radical (unpaired) electrons. The summed E-state index contributed by atoms with van der Waals surface area (Å²) in [5, 5.41) is 14.5. The smallest absolute Gasteiger partial charge is 0.305 e. The molecule has 0 bridgehead atoms. The summed E-state index contributed by atoms with van der Waals surface area (Å²) in [7, 11) is 0. The van der Waals surface area contributed by atoms with Crippen LogP contribution in [0.2, 0.25) is 0 Å². The highest BCUT2D eigenvalue weighted by molar-refractivity contribution is 5.86. The molecule has 0 aliphatic rings. The molecule has 2 rings (SSSR count). The van der Waals surface area contributed by atoms with Crippen LogP contribution in [0.15, 0.2) is 54.6 Å². The van der Waals surface area contributed by atoms with Crippen LogP contribution in [0.5, 0.6) is 0 Å². The molecule has 29 heavy (non-hydrogen) atoms. The molecule has 0 aliphatic carbocycles. The van der Waals surface area contributed by atoms with Gasteiger partial charge >= 0.3 is 5.97 Å². The molecule has 2 aromatic rings. The molecular weight excluding hydrogens is 368 g/mol. The molecule has 0 saturated heterocycles. The van der Waals surface area contributed by atoms with Gasteiger partial charge in [0.2, 0.25) is 11.8 Å². The monoisotopic (exact) mass is 396 g/mol. The minimum Gasteiger partial charge on any atom is -0.481 e. The van der Waals surface area contributed by atoms with E-state index in [0.29, 0.717) is 5.56 Å². The predicted molar refractivity (Wildman–Crippen MR) is 111 cm³/mol. The number of rotatable bonds is 8. The van der Waals surface area contributed by atoms with Crippen LogP contribution in [-0.2, 0) is 26.2 Å². The summed E-state index contributed by atoms with van der Waals surface area (Å²) >= 11 is 0. The normalized spacial score (nSPS) is 12.1. The first-order valence-corrected chi connectivity index (χ1v) is 9.57. The SMILES string of the molecule is CC(C)(C)c1ccc(C(CC(=O)O)NC(=O)CNC(=O)Cc2ccccc2)cc1. The topological polar surface area (TPSA) is 95.5 Å². The number of carboxylic acid groups (broad SMARTS) is 1. The third-order valence-corrected chi connectivity index (χ3v) is 4.55. The van der Waals surface area contributed by atoms with Gasteiger partial charge in [-0.15, -0.1) is 0 Å². The van der Waals surface area contributed by atoms with Crippen molar-refractivity contribution in [2.75, 3.05) is 6.54 Å². The van der Waals surface area contributed by atoms with Crippen molar-refractivity contribution in [2.45, 2.75) is 45.1 Å². The minimum atomic E-state index is -1.01. The molecule has 0 spiro atoms. The lowest BCUT2D eigenvalue weighted by Crippen LogP contribution is -2.39. The predicted octanol–water partition coefficient (Wildman–Crippen LogP) is 2.98. The van der Waals surface area contributed by atoms with E-state index in [1.807, 2.05) is 54.6 Å². The first-order chi connectivity index (χ1) is 13.6. The Morgan fingerprint density at radius 2 is 1.55 bits per heavy atom. The maximum absolute atomic E-state index is 12.3. The third kappa shape index (κ3) is 7.41. The Bertz CT molecular complexity index is 839. The zero-order chi connectivity index (χ0) is 21.4. The molecule has 0 aromatic heterocycles. The molecule has 1 atom stereocenters. The zero-order valence-corrected chi connectivity index (χ0v) is 17.1. The largest absolute Gasteiger partial charge is 0.481 e. The molecule has 154 valence electrons. The van der Waals surface area contributed by atoms with Gasteiger partial charge in [0.25, 0.3) is 0 Å². The van der Waals surface area contributed by atoms with E-state index in [9.17, 15) is 19.5 Å². The second-order valence-corrected chi connectivity index (χ2v) is 8.03. The number of carbonyl (C=O) groups is 3. The van der Waals surface area contributed by atoms with Gasteiger partial charge in [-0.3, -0.25) is 14.4 Å².